The van der Waals surface area contributed by atoms with E-state index < -0.39 is 23.8 Å². The molecule has 38 heavy (non-hydrogen) atoms. The Morgan fingerprint density at radius 2 is 1.76 bits per heavy atom. The molecule has 1 fully saturated rings. The summed E-state index contributed by atoms with van der Waals surface area (Å²) in [6, 6.07) is 11.9. The van der Waals surface area contributed by atoms with Crippen LogP contribution in [0.4, 0.5) is 23.7 Å². The molecule has 1 aliphatic carbocycles. The lowest BCUT2D eigenvalue weighted by Crippen LogP contribution is -2.47. The van der Waals surface area contributed by atoms with Crippen molar-refractivity contribution in [1.29, 1.82) is 5.26 Å². The summed E-state index contributed by atoms with van der Waals surface area (Å²) in [5.41, 5.74) is 1.01. The first-order valence-electron chi connectivity index (χ1n) is 13.1. The van der Waals surface area contributed by atoms with E-state index in [0.29, 0.717) is 34.9 Å². The SMILES string of the molecule is N#Cc1ccc(C2NC(=O)N(c3cccc(C(F)(F)F)c3)C3=C2C(=O)N(CCCC2CCCCC2)C3)cc1. The highest BCUT2D eigenvalue weighted by atomic mass is 19.4. The zero-order chi connectivity index (χ0) is 26.9. The smallest absolute Gasteiger partial charge is 0.333 e. The molecule has 0 spiro atoms. The van der Waals surface area contributed by atoms with Crippen LogP contribution in [-0.4, -0.2) is 29.9 Å². The molecule has 9 heteroatoms. The minimum Gasteiger partial charge on any atom is -0.333 e. The Balaban J connectivity index is 1.46. The second kappa shape index (κ2) is 10.5. The van der Waals surface area contributed by atoms with E-state index in [0.717, 1.165) is 25.0 Å². The Hall–Kier alpha value is -3.80. The van der Waals surface area contributed by atoms with Crippen LogP contribution in [-0.2, 0) is 11.0 Å². The molecule has 0 radical (unpaired) electrons. The number of urea groups is 1. The van der Waals surface area contributed by atoms with Crippen molar-refractivity contribution in [3.05, 3.63) is 76.5 Å². The average Bonchev–Trinajstić information content (AvgIpc) is 3.24. The third-order valence-corrected chi connectivity index (χ3v) is 7.77. The molecule has 1 atom stereocenters. The van der Waals surface area contributed by atoms with Crippen molar-refractivity contribution in [2.45, 2.75) is 57.2 Å². The van der Waals surface area contributed by atoms with E-state index in [1.807, 2.05) is 6.07 Å². The standard InChI is InChI=1S/C29H29F3N4O2/c30-29(31,32)22-9-4-10-23(16-22)36-24-18-35(15-5-8-19-6-2-1-3-7-19)27(37)25(24)26(34-28(36)38)21-13-11-20(17-33)12-14-21/h4,9-14,16,19,26H,1-3,5-8,15,18H2,(H,34,38). The first-order valence-corrected chi connectivity index (χ1v) is 13.1. The molecule has 0 aromatic heterocycles. The molecule has 5 rings (SSSR count). The van der Waals surface area contributed by atoms with Gasteiger partial charge in [-0.05, 0) is 54.7 Å². The fraction of sp³-hybridized carbons (Fsp3) is 0.414. The summed E-state index contributed by atoms with van der Waals surface area (Å²) in [7, 11) is 0. The van der Waals surface area contributed by atoms with Crippen LogP contribution in [0.1, 0.15) is 67.7 Å². The topological polar surface area (TPSA) is 76.4 Å². The number of nitrogens with one attached hydrogen (secondary N) is 1. The van der Waals surface area contributed by atoms with Gasteiger partial charge in [-0.1, -0.05) is 50.3 Å². The van der Waals surface area contributed by atoms with Gasteiger partial charge in [0.2, 0.25) is 0 Å². The molecule has 2 heterocycles. The van der Waals surface area contributed by atoms with Gasteiger partial charge < -0.3 is 10.2 Å². The third kappa shape index (κ3) is 5.13. The maximum atomic E-state index is 13.7. The summed E-state index contributed by atoms with van der Waals surface area (Å²) in [6.45, 7) is 0.669. The highest BCUT2D eigenvalue weighted by molar-refractivity contribution is 6.07. The molecule has 3 aliphatic rings. The maximum Gasteiger partial charge on any atom is 0.416 e. The molecule has 2 aliphatic heterocycles. The quantitative estimate of drug-likeness (QED) is 0.483. The molecule has 198 valence electrons. The Bertz CT molecular complexity index is 1290. The molecule has 6 nitrogen and oxygen atoms in total. The lowest BCUT2D eigenvalue weighted by molar-refractivity contribution is -0.137. The number of nitriles is 1. The van der Waals surface area contributed by atoms with Crippen LogP contribution >= 0.6 is 0 Å². The zero-order valence-corrected chi connectivity index (χ0v) is 20.9. The molecule has 1 N–H and O–H groups in total. The van der Waals surface area contributed by atoms with Gasteiger partial charge in [-0.3, -0.25) is 9.69 Å². The number of alkyl halides is 3. The number of rotatable bonds is 6. The second-order valence-corrected chi connectivity index (χ2v) is 10.2. The van der Waals surface area contributed by atoms with E-state index in [-0.39, 0.29) is 18.1 Å². The van der Waals surface area contributed by atoms with Gasteiger partial charge in [-0.15, -0.1) is 0 Å². The van der Waals surface area contributed by atoms with Crippen molar-refractivity contribution in [2.24, 2.45) is 5.92 Å². The highest BCUT2D eigenvalue weighted by Gasteiger charge is 2.45. The summed E-state index contributed by atoms with van der Waals surface area (Å²) >= 11 is 0. The average molecular weight is 523 g/mol. The Labute approximate surface area is 219 Å². The molecule has 0 bridgehead atoms. The normalized spacial score (nSPS) is 20.4. The number of hydrogen-bond donors (Lipinski definition) is 1. The van der Waals surface area contributed by atoms with Crippen molar-refractivity contribution in [3.8, 4) is 6.07 Å². The zero-order valence-electron chi connectivity index (χ0n) is 20.9. The third-order valence-electron chi connectivity index (χ3n) is 7.77. The van der Waals surface area contributed by atoms with Crippen LogP contribution in [0, 0.1) is 17.2 Å². The predicted octanol–water partition coefficient (Wildman–Crippen LogP) is 6.30. The van der Waals surface area contributed by atoms with Crippen molar-refractivity contribution >= 4 is 17.6 Å². The number of anilines is 1. The predicted molar refractivity (Wildman–Crippen MR) is 136 cm³/mol. The lowest BCUT2D eigenvalue weighted by Gasteiger charge is -2.34. The Morgan fingerprint density at radius 3 is 2.45 bits per heavy atom. The lowest BCUT2D eigenvalue weighted by atomic mass is 9.86. The summed E-state index contributed by atoms with van der Waals surface area (Å²) in [5, 5.41) is 12.0. The van der Waals surface area contributed by atoms with E-state index in [1.165, 1.54) is 49.1 Å². The van der Waals surface area contributed by atoms with Crippen LogP contribution < -0.4 is 10.2 Å². The van der Waals surface area contributed by atoms with Gasteiger partial charge in [0.1, 0.15) is 0 Å². The minimum atomic E-state index is -4.57. The van der Waals surface area contributed by atoms with Gasteiger partial charge in [-0.25, -0.2) is 4.79 Å². The Kier molecular flexibility index (Phi) is 7.15. The van der Waals surface area contributed by atoms with Crippen molar-refractivity contribution < 1.29 is 22.8 Å². The van der Waals surface area contributed by atoms with Gasteiger partial charge in [0.25, 0.3) is 5.91 Å². The highest BCUT2D eigenvalue weighted by Crippen LogP contribution is 2.40. The molecule has 0 saturated heterocycles. The van der Waals surface area contributed by atoms with Crippen LogP contribution in [0.15, 0.2) is 59.8 Å². The number of carbonyl (C=O) groups excluding carboxylic acids is 2. The van der Waals surface area contributed by atoms with E-state index in [9.17, 15) is 22.8 Å². The van der Waals surface area contributed by atoms with Gasteiger partial charge in [-0.2, -0.15) is 18.4 Å². The number of amides is 3. The summed E-state index contributed by atoms with van der Waals surface area (Å²) in [6.07, 6.45) is 3.49. The summed E-state index contributed by atoms with van der Waals surface area (Å²) in [4.78, 5) is 30.0. The Morgan fingerprint density at radius 1 is 1.03 bits per heavy atom. The van der Waals surface area contributed by atoms with Crippen LogP contribution in [0.25, 0.3) is 0 Å². The number of carbonyl (C=O) groups is 2. The largest absolute Gasteiger partial charge is 0.416 e. The molecule has 2 aromatic carbocycles. The van der Waals surface area contributed by atoms with Gasteiger partial charge >= 0.3 is 12.2 Å². The van der Waals surface area contributed by atoms with Crippen molar-refractivity contribution in [2.75, 3.05) is 18.0 Å². The molecule has 1 unspecified atom stereocenters. The molecule has 2 aromatic rings. The van der Waals surface area contributed by atoms with Gasteiger partial charge in [0.05, 0.1) is 46.7 Å². The number of nitrogens with zero attached hydrogens (tertiary/aromatic N) is 3. The maximum absolute atomic E-state index is 13.7. The second-order valence-electron chi connectivity index (χ2n) is 10.2. The molecule has 1 saturated carbocycles. The van der Waals surface area contributed by atoms with E-state index in [2.05, 4.69) is 5.32 Å². The fourth-order valence-electron chi connectivity index (χ4n) is 5.82. The number of benzene rings is 2. The number of halogens is 3. The molecular weight excluding hydrogens is 493 g/mol. The molecular formula is C29H29F3N4O2. The summed E-state index contributed by atoms with van der Waals surface area (Å²) < 4.78 is 40.3. The first-order chi connectivity index (χ1) is 18.3. The van der Waals surface area contributed by atoms with E-state index in [4.69, 9.17) is 5.26 Å². The van der Waals surface area contributed by atoms with Crippen LogP contribution in [0.5, 0.6) is 0 Å². The van der Waals surface area contributed by atoms with E-state index in [1.54, 1.807) is 29.2 Å². The van der Waals surface area contributed by atoms with E-state index >= 15 is 0 Å². The number of hydrogen-bond acceptors (Lipinski definition) is 3. The van der Waals surface area contributed by atoms with Crippen molar-refractivity contribution in [3.63, 3.8) is 0 Å². The summed E-state index contributed by atoms with van der Waals surface area (Å²) in [5.74, 6) is 0.440. The van der Waals surface area contributed by atoms with Crippen LogP contribution in [0.3, 0.4) is 0 Å². The first kappa shape index (κ1) is 25.8. The van der Waals surface area contributed by atoms with Gasteiger partial charge in [0, 0.05) is 6.54 Å². The molecule has 3 amide bonds. The van der Waals surface area contributed by atoms with Crippen LogP contribution in [0.2, 0.25) is 0 Å². The van der Waals surface area contributed by atoms with Crippen molar-refractivity contribution in [1.82, 2.24) is 10.2 Å². The monoisotopic (exact) mass is 522 g/mol. The fourth-order valence-corrected chi connectivity index (χ4v) is 5.82. The minimum absolute atomic E-state index is 0.0555. The van der Waals surface area contributed by atoms with Gasteiger partial charge in [0.15, 0.2) is 0 Å².